The van der Waals surface area contributed by atoms with Crippen LogP contribution in [0.25, 0.3) is 0 Å². The van der Waals surface area contributed by atoms with Gasteiger partial charge in [-0.15, -0.1) is 0 Å². The van der Waals surface area contributed by atoms with E-state index in [0.717, 1.165) is 6.42 Å². The van der Waals surface area contributed by atoms with Crippen LogP contribution in [0.5, 0.6) is 0 Å². The maximum atomic E-state index is 12.0. The minimum Gasteiger partial charge on any atom is -0.481 e. The molecule has 0 radical (unpaired) electrons. The van der Waals surface area contributed by atoms with Crippen molar-refractivity contribution in [3.8, 4) is 0 Å². The van der Waals surface area contributed by atoms with Gasteiger partial charge in [0.15, 0.2) is 0 Å². The molecule has 2 N–H and O–H groups in total. The van der Waals surface area contributed by atoms with Crippen molar-refractivity contribution >= 4 is 12.0 Å². The third-order valence-electron chi connectivity index (χ3n) is 2.80. The predicted octanol–water partition coefficient (Wildman–Crippen LogP) is 1.94. The number of ether oxygens (including phenoxy) is 1. The summed E-state index contributed by atoms with van der Waals surface area (Å²) in [4.78, 5) is 24.4. The van der Waals surface area contributed by atoms with Crippen LogP contribution in [0.4, 0.5) is 4.79 Å². The number of nitrogens with zero attached hydrogens (tertiary/aromatic N) is 1. The zero-order valence-corrected chi connectivity index (χ0v) is 13.2. The van der Waals surface area contributed by atoms with Crippen molar-refractivity contribution in [1.29, 1.82) is 0 Å². The Hall–Kier alpha value is -1.30. The van der Waals surface area contributed by atoms with Gasteiger partial charge in [-0.2, -0.15) is 0 Å². The molecule has 0 rings (SSSR count). The highest BCUT2D eigenvalue weighted by atomic mass is 16.5. The molecule has 0 spiro atoms. The molecular formula is C14H28N2O4. The number of rotatable bonds is 8. The number of amides is 2. The van der Waals surface area contributed by atoms with Crippen molar-refractivity contribution in [1.82, 2.24) is 10.2 Å². The number of carboxylic acid groups (broad SMARTS) is 1. The van der Waals surface area contributed by atoms with Gasteiger partial charge in [0.1, 0.15) is 0 Å². The van der Waals surface area contributed by atoms with E-state index in [0.29, 0.717) is 19.6 Å². The molecule has 0 aromatic carbocycles. The van der Waals surface area contributed by atoms with Crippen molar-refractivity contribution in [2.45, 2.75) is 46.1 Å². The van der Waals surface area contributed by atoms with Crippen LogP contribution in [0.3, 0.4) is 0 Å². The van der Waals surface area contributed by atoms with Crippen molar-refractivity contribution in [2.75, 3.05) is 27.3 Å². The third-order valence-corrected chi connectivity index (χ3v) is 2.80. The van der Waals surface area contributed by atoms with Crippen LogP contribution in [0.1, 0.15) is 40.0 Å². The van der Waals surface area contributed by atoms with Crippen LogP contribution >= 0.6 is 0 Å². The zero-order valence-electron chi connectivity index (χ0n) is 13.2. The van der Waals surface area contributed by atoms with Gasteiger partial charge >= 0.3 is 12.0 Å². The largest absolute Gasteiger partial charge is 0.481 e. The van der Waals surface area contributed by atoms with Crippen LogP contribution < -0.4 is 5.32 Å². The monoisotopic (exact) mass is 288 g/mol. The van der Waals surface area contributed by atoms with Gasteiger partial charge in [-0.05, 0) is 18.3 Å². The average molecular weight is 288 g/mol. The van der Waals surface area contributed by atoms with Crippen LogP contribution in [0.15, 0.2) is 0 Å². The Morgan fingerprint density at radius 2 is 1.95 bits per heavy atom. The molecule has 0 aliphatic heterocycles. The second-order valence-electron chi connectivity index (χ2n) is 6.28. The summed E-state index contributed by atoms with van der Waals surface area (Å²) in [5.41, 5.74) is -0.0397. The van der Waals surface area contributed by atoms with Crippen molar-refractivity contribution in [3.05, 3.63) is 0 Å². The van der Waals surface area contributed by atoms with E-state index in [2.05, 4.69) is 5.32 Å². The summed E-state index contributed by atoms with van der Waals surface area (Å²) in [5, 5.41) is 11.7. The molecule has 0 saturated heterocycles. The summed E-state index contributed by atoms with van der Waals surface area (Å²) < 4.78 is 4.94. The standard InChI is InChI=1S/C14H28N2O4/c1-14(2,3)10-11(9-12(17)18)15-13(19)16(4)7-6-8-20-5/h11H,6-10H2,1-5H3,(H,15,19)(H,17,18). The number of carbonyl (C=O) groups is 2. The van der Waals surface area contributed by atoms with E-state index >= 15 is 0 Å². The Morgan fingerprint density at radius 3 is 2.40 bits per heavy atom. The highest BCUT2D eigenvalue weighted by molar-refractivity contribution is 5.75. The number of urea groups is 1. The molecule has 6 heteroatoms. The summed E-state index contributed by atoms with van der Waals surface area (Å²) in [5.74, 6) is -0.901. The van der Waals surface area contributed by atoms with E-state index in [-0.39, 0.29) is 23.9 Å². The van der Waals surface area contributed by atoms with E-state index in [9.17, 15) is 9.59 Å². The third kappa shape index (κ3) is 9.61. The van der Waals surface area contributed by atoms with Gasteiger partial charge in [0.05, 0.1) is 6.42 Å². The molecule has 1 atom stereocenters. The van der Waals surface area contributed by atoms with Crippen LogP contribution in [-0.4, -0.2) is 55.4 Å². The van der Waals surface area contributed by atoms with Gasteiger partial charge in [0.25, 0.3) is 0 Å². The van der Waals surface area contributed by atoms with Crippen molar-refractivity contribution < 1.29 is 19.4 Å². The fourth-order valence-corrected chi connectivity index (χ4v) is 1.96. The van der Waals surface area contributed by atoms with Gasteiger partial charge in [0, 0.05) is 33.4 Å². The molecule has 0 aromatic heterocycles. The number of aliphatic carboxylic acids is 1. The predicted molar refractivity (Wildman–Crippen MR) is 77.8 cm³/mol. The van der Waals surface area contributed by atoms with Crippen LogP contribution in [-0.2, 0) is 9.53 Å². The highest BCUT2D eigenvalue weighted by Gasteiger charge is 2.23. The Kier molecular flexibility index (Phi) is 8.22. The van der Waals surface area contributed by atoms with Gasteiger partial charge in [-0.25, -0.2) is 4.79 Å². The van der Waals surface area contributed by atoms with Gasteiger partial charge in [0.2, 0.25) is 0 Å². The molecule has 1 unspecified atom stereocenters. The molecule has 0 aliphatic carbocycles. The summed E-state index contributed by atoms with van der Waals surface area (Å²) in [6.45, 7) is 7.25. The van der Waals surface area contributed by atoms with E-state index in [1.807, 2.05) is 20.8 Å². The van der Waals surface area contributed by atoms with Crippen molar-refractivity contribution in [3.63, 3.8) is 0 Å². The van der Waals surface area contributed by atoms with E-state index in [1.165, 1.54) is 0 Å². The normalized spacial score (nSPS) is 12.8. The minimum atomic E-state index is -0.901. The summed E-state index contributed by atoms with van der Waals surface area (Å²) in [6, 6.07) is -0.596. The number of hydrogen-bond donors (Lipinski definition) is 2. The van der Waals surface area contributed by atoms with E-state index < -0.39 is 5.97 Å². The molecule has 0 fully saturated rings. The van der Waals surface area contributed by atoms with E-state index in [4.69, 9.17) is 9.84 Å². The first-order chi connectivity index (χ1) is 9.15. The smallest absolute Gasteiger partial charge is 0.317 e. The van der Waals surface area contributed by atoms with Gasteiger partial charge in [-0.1, -0.05) is 20.8 Å². The maximum Gasteiger partial charge on any atom is 0.317 e. The lowest BCUT2D eigenvalue weighted by molar-refractivity contribution is -0.137. The molecule has 0 bridgehead atoms. The van der Waals surface area contributed by atoms with Crippen molar-refractivity contribution in [2.24, 2.45) is 5.41 Å². The Bertz CT molecular complexity index is 313. The lowest BCUT2D eigenvalue weighted by atomic mass is 9.87. The molecule has 20 heavy (non-hydrogen) atoms. The first-order valence-electron chi connectivity index (χ1n) is 6.88. The van der Waals surface area contributed by atoms with Crippen LogP contribution in [0, 0.1) is 5.41 Å². The number of carbonyl (C=O) groups excluding carboxylic acids is 1. The fourth-order valence-electron chi connectivity index (χ4n) is 1.96. The average Bonchev–Trinajstić information content (AvgIpc) is 2.25. The zero-order chi connectivity index (χ0) is 15.8. The summed E-state index contributed by atoms with van der Waals surface area (Å²) in [6.07, 6.45) is 1.31. The quantitative estimate of drug-likeness (QED) is 0.669. The van der Waals surface area contributed by atoms with Gasteiger partial charge in [-0.3, -0.25) is 4.79 Å². The first-order valence-corrected chi connectivity index (χ1v) is 6.88. The highest BCUT2D eigenvalue weighted by Crippen LogP contribution is 2.22. The van der Waals surface area contributed by atoms with Crippen LogP contribution in [0.2, 0.25) is 0 Å². The maximum absolute atomic E-state index is 12.0. The summed E-state index contributed by atoms with van der Waals surface area (Å²) in [7, 11) is 3.31. The molecule has 6 nitrogen and oxygen atoms in total. The number of methoxy groups -OCH3 is 1. The molecule has 2 amide bonds. The number of nitrogens with one attached hydrogen (secondary N) is 1. The Morgan fingerprint density at radius 1 is 1.35 bits per heavy atom. The second-order valence-corrected chi connectivity index (χ2v) is 6.28. The SMILES string of the molecule is COCCCN(C)C(=O)NC(CC(=O)O)CC(C)(C)C. The Labute approximate surface area is 121 Å². The lowest BCUT2D eigenvalue weighted by Crippen LogP contribution is -2.45. The fraction of sp³-hybridized carbons (Fsp3) is 0.857. The number of hydrogen-bond acceptors (Lipinski definition) is 3. The first kappa shape index (κ1) is 18.7. The lowest BCUT2D eigenvalue weighted by Gasteiger charge is -2.28. The Balaban J connectivity index is 4.40. The minimum absolute atomic E-state index is 0.0397. The molecule has 0 aromatic rings. The van der Waals surface area contributed by atoms with E-state index in [1.54, 1.807) is 19.1 Å². The van der Waals surface area contributed by atoms with Gasteiger partial charge < -0.3 is 20.1 Å². The molecule has 118 valence electrons. The topological polar surface area (TPSA) is 78.9 Å². The molecular weight excluding hydrogens is 260 g/mol. The summed E-state index contributed by atoms with van der Waals surface area (Å²) >= 11 is 0. The molecule has 0 heterocycles. The molecule has 0 saturated carbocycles. The second kappa shape index (κ2) is 8.79. The molecule has 0 aliphatic rings. The number of carboxylic acids is 1.